The lowest BCUT2D eigenvalue weighted by molar-refractivity contribution is -0.384. The lowest BCUT2D eigenvalue weighted by Gasteiger charge is -2.08. The van der Waals surface area contributed by atoms with Crippen molar-refractivity contribution in [1.29, 1.82) is 0 Å². The highest BCUT2D eigenvalue weighted by Crippen LogP contribution is 2.41. The monoisotopic (exact) mass is 363 g/mol. The summed E-state index contributed by atoms with van der Waals surface area (Å²) >= 11 is 5.66. The van der Waals surface area contributed by atoms with Crippen LogP contribution < -0.4 is 4.74 Å². The molecule has 0 aliphatic heterocycles. The molecule has 1 heterocycles. The number of halogens is 4. The van der Waals surface area contributed by atoms with Crippen LogP contribution in [0.15, 0.2) is 18.2 Å². The van der Waals surface area contributed by atoms with E-state index < -0.39 is 33.5 Å². The molecule has 7 nitrogen and oxygen atoms in total. The molecule has 24 heavy (non-hydrogen) atoms. The second-order valence-electron chi connectivity index (χ2n) is 4.68. The fourth-order valence-electron chi connectivity index (χ4n) is 1.95. The summed E-state index contributed by atoms with van der Waals surface area (Å²) in [6, 6.07) is 3.09. The minimum atomic E-state index is -4.75. The van der Waals surface area contributed by atoms with Crippen LogP contribution in [0.4, 0.5) is 18.9 Å². The number of alkyl halides is 3. The molecule has 0 bridgehead atoms. The van der Waals surface area contributed by atoms with Crippen LogP contribution >= 0.6 is 11.6 Å². The van der Waals surface area contributed by atoms with Gasteiger partial charge in [0.1, 0.15) is 10.8 Å². The fraction of sp³-hybridized carbons (Fsp3) is 0.231. The van der Waals surface area contributed by atoms with Crippen LogP contribution in [-0.2, 0) is 13.2 Å². The number of nitro benzene ring substituents is 1. The average molecular weight is 364 g/mol. The smallest absolute Gasteiger partial charge is 0.434 e. The molecule has 1 aromatic carbocycles. The summed E-state index contributed by atoms with van der Waals surface area (Å²) < 4.78 is 44.3. The number of nitrogens with zero attached hydrogens (tertiary/aromatic N) is 3. The van der Waals surface area contributed by atoms with Crippen LogP contribution in [-0.4, -0.2) is 20.5 Å². The van der Waals surface area contributed by atoms with E-state index >= 15 is 0 Å². The molecular weight excluding hydrogens is 355 g/mol. The number of hydrogen-bond donors (Lipinski definition) is 0. The molecule has 11 heteroatoms. The Hall–Kier alpha value is -2.62. The van der Waals surface area contributed by atoms with Gasteiger partial charge >= 0.3 is 6.18 Å². The first-order valence-electron chi connectivity index (χ1n) is 6.29. The molecule has 128 valence electrons. The number of carbonyl (C=O) groups is 1. The van der Waals surface area contributed by atoms with Crippen molar-refractivity contribution in [2.24, 2.45) is 7.05 Å². The molecule has 0 aliphatic carbocycles. The second kappa shape index (κ2) is 6.11. The number of non-ortho nitro benzene ring substituents is 1. The average Bonchev–Trinajstić information content (AvgIpc) is 2.72. The molecule has 2 rings (SSSR count). The standard InChI is InChI=1S/C13H9ClF3N3O4/c1-6(21)8-5-7(20(22)23)3-4-9(8)24-12-10(14)11(13(15,16)17)19(2)18-12/h3-5H,1-2H3. The molecule has 0 saturated heterocycles. The van der Waals surface area contributed by atoms with Crippen LogP contribution in [0.1, 0.15) is 23.0 Å². The van der Waals surface area contributed by atoms with E-state index in [1.807, 2.05) is 0 Å². The fourth-order valence-corrected chi connectivity index (χ4v) is 2.25. The highest BCUT2D eigenvalue weighted by atomic mass is 35.5. The second-order valence-corrected chi connectivity index (χ2v) is 5.06. The Kier molecular flexibility index (Phi) is 4.52. The van der Waals surface area contributed by atoms with Crippen LogP contribution in [0, 0.1) is 10.1 Å². The molecule has 0 aliphatic rings. The summed E-state index contributed by atoms with van der Waals surface area (Å²) in [5.74, 6) is -1.33. The molecule has 1 aromatic heterocycles. The summed E-state index contributed by atoms with van der Waals surface area (Å²) in [4.78, 5) is 21.6. The molecule has 0 radical (unpaired) electrons. The van der Waals surface area contributed by atoms with Crippen molar-refractivity contribution in [3.05, 3.63) is 44.6 Å². The van der Waals surface area contributed by atoms with Gasteiger partial charge in [0.2, 0.25) is 0 Å². The summed E-state index contributed by atoms with van der Waals surface area (Å²) in [5.41, 5.74) is -1.76. The highest BCUT2D eigenvalue weighted by molar-refractivity contribution is 6.32. The van der Waals surface area contributed by atoms with Gasteiger partial charge in [0.05, 0.1) is 10.5 Å². The van der Waals surface area contributed by atoms with Gasteiger partial charge in [-0.25, -0.2) is 0 Å². The Morgan fingerprint density at radius 1 is 1.42 bits per heavy atom. The zero-order valence-corrected chi connectivity index (χ0v) is 13.0. The number of ketones is 1. The number of carbonyl (C=O) groups excluding carboxylic acids is 1. The molecular formula is C13H9ClF3N3O4. The van der Waals surface area contributed by atoms with E-state index in [-0.39, 0.29) is 17.0 Å². The largest absolute Gasteiger partial charge is 0.436 e. The van der Waals surface area contributed by atoms with E-state index in [1.165, 1.54) is 0 Å². The van der Waals surface area contributed by atoms with E-state index in [4.69, 9.17) is 16.3 Å². The van der Waals surface area contributed by atoms with Gasteiger partial charge in [-0.15, -0.1) is 5.10 Å². The number of rotatable bonds is 4. The van der Waals surface area contributed by atoms with E-state index in [2.05, 4.69) is 5.10 Å². The quantitative estimate of drug-likeness (QED) is 0.465. The Balaban J connectivity index is 2.49. The molecule has 0 spiro atoms. The van der Waals surface area contributed by atoms with Crippen molar-refractivity contribution >= 4 is 23.1 Å². The molecule has 0 amide bonds. The van der Waals surface area contributed by atoms with Crippen molar-refractivity contribution in [2.45, 2.75) is 13.1 Å². The zero-order valence-electron chi connectivity index (χ0n) is 12.2. The van der Waals surface area contributed by atoms with Crippen LogP contribution in [0.5, 0.6) is 11.6 Å². The maximum Gasteiger partial charge on any atom is 0.434 e. The topological polar surface area (TPSA) is 87.3 Å². The minimum Gasteiger partial charge on any atom is -0.436 e. The van der Waals surface area contributed by atoms with Gasteiger partial charge < -0.3 is 4.74 Å². The van der Waals surface area contributed by atoms with Crippen LogP contribution in [0.25, 0.3) is 0 Å². The first kappa shape index (κ1) is 17.7. The number of benzene rings is 1. The number of Topliss-reactive ketones (excluding diaryl/α,β-unsaturated/α-hetero) is 1. The van der Waals surface area contributed by atoms with Crippen molar-refractivity contribution in [3.8, 4) is 11.6 Å². The van der Waals surface area contributed by atoms with Gasteiger partial charge in [-0.1, -0.05) is 11.6 Å². The first-order chi connectivity index (χ1) is 11.0. The van der Waals surface area contributed by atoms with Crippen LogP contribution in [0.2, 0.25) is 5.02 Å². The normalized spacial score (nSPS) is 11.4. The number of aryl methyl sites for hydroxylation is 1. The molecule has 0 saturated carbocycles. The van der Waals surface area contributed by atoms with E-state index in [1.54, 1.807) is 0 Å². The maximum absolute atomic E-state index is 12.9. The van der Waals surface area contributed by atoms with Crippen molar-refractivity contribution in [3.63, 3.8) is 0 Å². The number of nitro groups is 1. The summed E-state index contributed by atoms with van der Waals surface area (Å²) in [7, 11) is 1.03. The number of hydrogen-bond acceptors (Lipinski definition) is 5. The van der Waals surface area contributed by atoms with Crippen molar-refractivity contribution in [2.75, 3.05) is 0 Å². The maximum atomic E-state index is 12.9. The van der Waals surface area contributed by atoms with Gasteiger partial charge in [0.25, 0.3) is 11.6 Å². The van der Waals surface area contributed by atoms with E-state index in [9.17, 15) is 28.1 Å². The molecule has 0 N–H and O–H groups in total. The van der Waals surface area contributed by atoms with E-state index in [0.717, 1.165) is 32.2 Å². The summed E-state index contributed by atoms with van der Waals surface area (Å²) in [6.45, 7) is 1.13. The lowest BCUT2D eigenvalue weighted by Crippen LogP contribution is -2.12. The third kappa shape index (κ3) is 3.32. The van der Waals surface area contributed by atoms with Gasteiger partial charge in [-0.05, 0) is 13.0 Å². The SMILES string of the molecule is CC(=O)c1cc([N+](=O)[O-])ccc1Oc1nn(C)c(C(F)(F)F)c1Cl. The number of aromatic nitrogens is 2. The minimum absolute atomic E-state index is 0.181. The molecule has 0 unspecified atom stereocenters. The molecule has 2 aromatic rings. The Labute approximate surface area is 137 Å². The van der Waals surface area contributed by atoms with Crippen LogP contribution in [0.3, 0.4) is 0 Å². The predicted molar refractivity (Wildman–Crippen MR) is 76.4 cm³/mol. The first-order valence-corrected chi connectivity index (χ1v) is 6.67. The molecule has 0 atom stereocenters. The Morgan fingerprint density at radius 2 is 2.04 bits per heavy atom. The highest BCUT2D eigenvalue weighted by Gasteiger charge is 2.39. The lowest BCUT2D eigenvalue weighted by atomic mass is 10.1. The predicted octanol–water partition coefficient (Wildman–Crippen LogP) is 4.00. The summed E-state index contributed by atoms with van der Waals surface area (Å²) in [6.07, 6.45) is -4.75. The Bertz CT molecular complexity index is 833. The number of ether oxygens (including phenoxy) is 1. The third-order valence-corrected chi connectivity index (χ3v) is 3.33. The van der Waals surface area contributed by atoms with Crippen molar-refractivity contribution < 1.29 is 27.6 Å². The van der Waals surface area contributed by atoms with Gasteiger partial charge in [-0.2, -0.15) is 13.2 Å². The third-order valence-electron chi connectivity index (χ3n) is 2.99. The molecule has 0 fully saturated rings. The Morgan fingerprint density at radius 3 is 2.50 bits per heavy atom. The van der Waals surface area contributed by atoms with Gasteiger partial charge in [0, 0.05) is 19.2 Å². The van der Waals surface area contributed by atoms with E-state index in [0.29, 0.717) is 4.68 Å². The van der Waals surface area contributed by atoms with Crippen molar-refractivity contribution in [1.82, 2.24) is 9.78 Å². The zero-order chi connectivity index (χ0) is 18.2. The van der Waals surface area contributed by atoms with Gasteiger partial charge in [0.15, 0.2) is 11.5 Å². The summed E-state index contributed by atoms with van der Waals surface area (Å²) in [5, 5.41) is 13.5. The van der Waals surface area contributed by atoms with Gasteiger partial charge in [-0.3, -0.25) is 19.6 Å².